The molecule has 1 aromatic carbocycles. The number of anilines is 1. The zero-order valence-electron chi connectivity index (χ0n) is 11.0. The van der Waals surface area contributed by atoms with Crippen LogP contribution in [0.3, 0.4) is 0 Å². The maximum atomic E-state index is 6.28. The summed E-state index contributed by atoms with van der Waals surface area (Å²) in [6.07, 6.45) is 2.13. The summed E-state index contributed by atoms with van der Waals surface area (Å²) in [5.74, 6) is 0. The maximum Gasteiger partial charge on any atom is 0.0750 e. The van der Waals surface area contributed by atoms with E-state index in [9.17, 15) is 0 Å². The lowest BCUT2D eigenvalue weighted by Gasteiger charge is -2.31. The van der Waals surface area contributed by atoms with E-state index in [-0.39, 0.29) is 6.10 Å². The van der Waals surface area contributed by atoms with Crippen LogP contribution in [-0.2, 0) is 11.2 Å². The van der Waals surface area contributed by atoms with Gasteiger partial charge in [0, 0.05) is 24.4 Å². The summed E-state index contributed by atoms with van der Waals surface area (Å²) in [5, 5.41) is 0.802. The molecule has 2 N–H and O–H groups in total. The van der Waals surface area contributed by atoms with Crippen molar-refractivity contribution in [3.63, 3.8) is 0 Å². The normalized spacial score (nSPS) is 23.3. The third-order valence-corrected chi connectivity index (χ3v) is 4.06. The maximum absolute atomic E-state index is 6.28. The molecule has 18 heavy (non-hydrogen) atoms. The molecule has 3 nitrogen and oxygen atoms in total. The molecule has 0 bridgehead atoms. The lowest BCUT2D eigenvalue weighted by atomic mass is 10.0. The summed E-state index contributed by atoms with van der Waals surface area (Å²) in [4.78, 5) is 2.29. The third-order valence-electron chi connectivity index (χ3n) is 3.70. The first-order valence-electron chi connectivity index (χ1n) is 6.47. The number of rotatable bonds is 4. The summed E-state index contributed by atoms with van der Waals surface area (Å²) < 4.78 is 5.64. The van der Waals surface area contributed by atoms with E-state index in [1.165, 1.54) is 5.69 Å². The fourth-order valence-electron chi connectivity index (χ4n) is 2.68. The largest absolute Gasteiger partial charge is 0.376 e. The molecule has 0 spiro atoms. The van der Waals surface area contributed by atoms with E-state index < -0.39 is 0 Å². The first-order chi connectivity index (χ1) is 8.65. The van der Waals surface area contributed by atoms with Crippen molar-refractivity contribution in [2.24, 2.45) is 5.73 Å². The Kier molecular flexibility index (Phi) is 4.49. The van der Waals surface area contributed by atoms with Crippen LogP contribution < -0.4 is 10.6 Å². The van der Waals surface area contributed by atoms with Crippen LogP contribution >= 0.6 is 11.6 Å². The van der Waals surface area contributed by atoms with Crippen LogP contribution in [0.25, 0.3) is 0 Å². The topological polar surface area (TPSA) is 38.5 Å². The van der Waals surface area contributed by atoms with Crippen LogP contribution in [0.2, 0.25) is 5.02 Å². The van der Waals surface area contributed by atoms with Crippen molar-refractivity contribution < 1.29 is 4.74 Å². The van der Waals surface area contributed by atoms with Gasteiger partial charge in [0.05, 0.1) is 12.1 Å². The standard InChI is InChI=1S/C14H21ClN2O/c1-10-13(7-9-18-10)17(2)14-5-3-4-12(15)11(14)6-8-16/h3-5,10,13H,6-9,16H2,1-2H3. The van der Waals surface area contributed by atoms with Gasteiger partial charge < -0.3 is 15.4 Å². The van der Waals surface area contributed by atoms with Gasteiger partial charge in [-0.3, -0.25) is 0 Å². The summed E-state index contributed by atoms with van der Waals surface area (Å²) in [5.41, 5.74) is 8.00. The van der Waals surface area contributed by atoms with Crippen LogP contribution in [0.15, 0.2) is 18.2 Å². The van der Waals surface area contributed by atoms with Crippen LogP contribution in [0.5, 0.6) is 0 Å². The monoisotopic (exact) mass is 268 g/mol. The first-order valence-corrected chi connectivity index (χ1v) is 6.85. The van der Waals surface area contributed by atoms with Crippen molar-refractivity contribution in [3.8, 4) is 0 Å². The molecule has 1 saturated heterocycles. The number of halogens is 1. The Morgan fingerprint density at radius 1 is 1.50 bits per heavy atom. The number of ether oxygens (including phenoxy) is 1. The Balaban J connectivity index is 2.29. The minimum Gasteiger partial charge on any atom is -0.376 e. The van der Waals surface area contributed by atoms with Gasteiger partial charge in [0.2, 0.25) is 0 Å². The number of nitrogens with zero attached hydrogens (tertiary/aromatic N) is 1. The highest BCUT2D eigenvalue weighted by atomic mass is 35.5. The Bertz CT molecular complexity index is 411. The average molecular weight is 269 g/mol. The predicted molar refractivity (Wildman–Crippen MR) is 76.4 cm³/mol. The summed E-state index contributed by atoms with van der Waals surface area (Å²) in [6, 6.07) is 6.45. The van der Waals surface area contributed by atoms with Crippen molar-refractivity contribution >= 4 is 17.3 Å². The zero-order valence-corrected chi connectivity index (χ0v) is 11.8. The van der Waals surface area contributed by atoms with Crippen molar-refractivity contribution in [1.82, 2.24) is 0 Å². The second-order valence-corrected chi connectivity index (χ2v) is 5.23. The van der Waals surface area contributed by atoms with E-state index in [1.54, 1.807) is 0 Å². The zero-order chi connectivity index (χ0) is 13.1. The first kappa shape index (κ1) is 13.7. The molecule has 0 aromatic heterocycles. The molecule has 2 atom stereocenters. The lowest BCUT2D eigenvalue weighted by Crippen LogP contribution is -2.37. The lowest BCUT2D eigenvalue weighted by molar-refractivity contribution is 0.118. The summed E-state index contributed by atoms with van der Waals surface area (Å²) >= 11 is 6.28. The van der Waals surface area contributed by atoms with E-state index in [1.807, 2.05) is 12.1 Å². The molecule has 1 aliphatic rings. The number of benzene rings is 1. The molecular weight excluding hydrogens is 248 g/mol. The van der Waals surface area contributed by atoms with E-state index in [0.717, 1.165) is 30.0 Å². The van der Waals surface area contributed by atoms with Gasteiger partial charge in [-0.2, -0.15) is 0 Å². The molecule has 1 aliphatic heterocycles. The number of hydrogen-bond donors (Lipinski definition) is 1. The van der Waals surface area contributed by atoms with Gasteiger partial charge in [-0.25, -0.2) is 0 Å². The highest BCUT2D eigenvalue weighted by Gasteiger charge is 2.29. The Labute approximate surface area is 114 Å². The molecule has 0 radical (unpaired) electrons. The fourth-order valence-corrected chi connectivity index (χ4v) is 2.94. The van der Waals surface area contributed by atoms with Gasteiger partial charge in [-0.05, 0) is 44.0 Å². The second kappa shape index (κ2) is 5.91. The van der Waals surface area contributed by atoms with Crippen molar-refractivity contribution in [2.45, 2.75) is 31.9 Å². The average Bonchev–Trinajstić information content (AvgIpc) is 2.77. The van der Waals surface area contributed by atoms with Crippen LogP contribution in [0.4, 0.5) is 5.69 Å². The van der Waals surface area contributed by atoms with E-state index in [2.05, 4.69) is 24.9 Å². The third kappa shape index (κ3) is 2.63. The molecule has 0 aliphatic carbocycles. The highest BCUT2D eigenvalue weighted by molar-refractivity contribution is 6.31. The highest BCUT2D eigenvalue weighted by Crippen LogP contribution is 2.31. The summed E-state index contributed by atoms with van der Waals surface area (Å²) in [6.45, 7) is 3.57. The van der Waals surface area contributed by atoms with E-state index >= 15 is 0 Å². The van der Waals surface area contributed by atoms with Crippen molar-refractivity contribution in [3.05, 3.63) is 28.8 Å². The molecule has 2 unspecified atom stereocenters. The molecule has 0 saturated carbocycles. The predicted octanol–water partition coefficient (Wildman–Crippen LogP) is 2.45. The number of likely N-dealkylation sites (N-methyl/N-ethyl adjacent to an activating group) is 1. The van der Waals surface area contributed by atoms with Gasteiger partial charge in [0.15, 0.2) is 0 Å². The summed E-state index contributed by atoms with van der Waals surface area (Å²) in [7, 11) is 2.11. The minimum absolute atomic E-state index is 0.264. The van der Waals surface area contributed by atoms with E-state index in [4.69, 9.17) is 22.1 Å². The molecule has 100 valence electrons. The quantitative estimate of drug-likeness (QED) is 0.912. The minimum atomic E-state index is 0.264. The number of hydrogen-bond acceptors (Lipinski definition) is 3. The van der Waals surface area contributed by atoms with Crippen molar-refractivity contribution in [2.75, 3.05) is 25.1 Å². The molecule has 0 amide bonds. The molecule has 1 aromatic rings. The van der Waals surface area contributed by atoms with Crippen molar-refractivity contribution in [1.29, 1.82) is 0 Å². The molecule has 2 rings (SSSR count). The van der Waals surface area contributed by atoms with Gasteiger partial charge in [0.1, 0.15) is 0 Å². The molecular formula is C14H21ClN2O. The van der Waals surface area contributed by atoms with Gasteiger partial charge in [-0.15, -0.1) is 0 Å². The van der Waals surface area contributed by atoms with Crippen LogP contribution in [0.1, 0.15) is 18.9 Å². The number of nitrogens with two attached hydrogens (primary N) is 1. The van der Waals surface area contributed by atoms with Gasteiger partial charge in [0.25, 0.3) is 0 Å². The Morgan fingerprint density at radius 3 is 2.89 bits per heavy atom. The van der Waals surface area contributed by atoms with Crippen LogP contribution in [0, 0.1) is 0 Å². The van der Waals surface area contributed by atoms with E-state index in [0.29, 0.717) is 12.6 Å². The second-order valence-electron chi connectivity index (χ2n) is 4.82. The van der Waals surface area contributed by atoms with Gasteiger partial charge in [-0.1, -0.05) is 17.7 Å². The Hall–Kier alpha value is -0.770. The Morgan fingerprint density at radius 2 is 2.28 bits per heavy atom. The SMILES string of the molecule is CC1OCCC1N(C)c1cccc(Cl)c1CCN. The van der Waals surface area contributed by atoms with Crippen LogP contribution in [-0.4, -0.2) is 32.3 Å². The molecule has 4 heteroatoms. The van der Waals surface area contributed by atoms with Gasteiger partial charge >= 0.3 is 0 Å². The molecule has 1 fully saturated rings. The smallest absolute Gasteiger partial charge is 0.0750 e. The molecule has 1 heterocycles. The fraction of sp³-hybridized carbons (Fsp3) is 0.571.